The van der Waals surface area contributed by atoms with Crippen LogP contribution in [0.2, 0.25) is 0 Å². The number of aromatic nitrogens is 4. The van der Waals surface area contributed by atoms with Gasteiger partial charge in [-0.25, -0.2) is 9.37 Å². The molecule has 0 radical (unpaired) electrons. The van der Waals surface area contributed by atoms with Crippen LogP contribution in [0.5, 0.6) is 5.88 Å². The quantitative estimate of drug-likeness (QED) is 0.579. The van der Waals surface area contributed by atoms with Gasteiger partial charge in [-0.2, -0.15) is 4.98 Å². The Morgan fingerprint density at radius 3 is 2.74 bits per heavy atom. The normalized spacial score (nSPS) is 29.2. The fourth-order valence-corrected chi connectivity index (χ4v) is 5.37. The number of imidazole rings is 1. The van der Waals surface area contributed by atoms with Crippen molar-refractivity contribution in [2.45, 2.75) is 75.8 Å². The molecule has 3 aliphatic rings. The van der Waals surface area contributed by atoms with E-state index in [0.29, 0.717) is 18.8 Å². The van der Waals surface area contributed by atoms with Crippen molar-refractivity contribution in [2.75, 3.05) is 11.9 Å². The molecule has 3 aromatic heterocycles. The van der Waals surface area contributed by atoms with E-state index in [0.717, 1.165) is 25.0 Å². The predicted molar refractivity (Wildman–Crippen MR) is 126 cm³/mol. The number of alkyl halides is 1. The number of carbonyl (C=O) groups is 1. The largest absolute Gasteiger partial charge is 0.474 e. The summed E-state index contributed by atoms with van der Waals surface area (Å²) in [5.74, 6) is 0.0382. The standard InChI is InChI=1S/C25H28FN5O4/c1-14(2)35-21-15(20(32)27-17-5-4-8-31(22(17)33)18-9-16(18)26)10-30-11-19(28-23(30)29-21)25-7-6-24(3,12-25)34-13-25/h4-5,8,10-11,14,16,18H,6-7,9,12-13H2,1-3H3,(H,27,32)/t16-,18-,24+,25+/m0/s1. The number of amides is 1. The van der Waals surface area contributed by atoms with Gasteiger partial charge in [0.2, 0.25) is 11.7 Å². The number of hydrogen-bond acceptors (Lipinski definition) is 6. The highest BCUT2D eigenvalue weighted by atomic mass is 19.1. The minimum Gasteiger partial charge on any atom is -0.474 e. The van der Waals surface area contributed by atoms with E-state index in [4.69, 9.17) is 14.5 Å². The van der Waals surface area contributed by atoms with Gasteiger partial charge in [0.05, 0.1) is 30.0 Å². The van der Waals surface area contributed by atoms with E-state index in [2.05, 4.69) is 17.2 Å². The first-order valence-electron chi connectivity index (χ1n) is 12.0. The van der Waals surface area contributed by atoms with Crippen molar-refractivity contribution in [3.8, 4) is 5.88 Å². The van der Waals surface area contributed by atoms with Gasteiger partial charge in [0.1, 0.15) is 17.4 Å². The summed E-state index contributed by atoms with van der Waals surface area (Å²) in [6.07, 6.45) is 7.01. The van der Waals surface area contributed by atoms with Crippen LogP contribution in [0.3, 0.4) is 0 Å². The number of ether oxygens (including phenoxy) is 2. The summed E-state index contributed by atoms with van der Waals surface area (Å²) in [5.41, 5.74) is 0.458. The summed E-state index contributed by atoms with van der Waals surface area (Å²) in [7, 11) is 0. The Morgan fingerprint density at radius 2 is 2.11 bits per heavy atom. The highest BCUT2D eigenvalue weighted by Gasteiger charge is 2.55. The second-order valence-corrected chi connectivity index (χ2v) is 10.6. The summed E-state index contributed by atoms with van der Waals surface area (Å²) in [4.78, 5) is 35.4. The fraction of sp³-hybridized carbons (Fsp3) is 0.520. The number of carbonyl (C=O) groups excluding carboxylic acids is 1. The Kier molecular flexibility index (Phi) is 4.83. The average Bonchev–Trinajstić information content (AvgIpc) is 3.12. The zero-order valence-electron chi connectivity index (χ0n) is 20.0. The predicted octanol–water partition coefficient (Wildman–Crippen LogP) is 3.42. The van der Waals surface area contributed by atoms with E-state index >= 15 is 0 Å². The van der Waals surface area contributed by atoms with Crippen LogP contribution < -0.4 is 15.6 Å². The third-order valence-electron chi connectivity index (χ3n) is 7.35. The van der Waals surface area contributed by atoms with Gasteiger partial charge in [0.25, 0.3) is 11.5 Å². The van der Waals surface area contributed by atoms with Gasteiger partial charge in [0.15, 0.2) is 0 Å². The Balaban J connectivity index is 1.35. The number of hydrogen-bond donors (Lipinski definition) is 1. The lowest BCUT2D eigenvalue weighted by Gasteiger charge is -2.24. The van der Waals surface area contributed by atoms with Gasteiger partial charge < -0.3 is 19.4 Å². The second kappa shape index (κ2) is 7.61. The maximum absolute atomic E-state index is 13.5. The third-order valence-corrected chi connectivity index (χ3v) is 7.35. The molecule has 3 aromatic rings. The molecule has 6 rings (SSSR count). The van der Waals surface area contributed by atoms with Crippen LogP contribution in [-0.2, 0) is 10.2 Å². The maximum atomic E-state index is 13.5. The number of nitrogens with zero attached hydrogens (tertiary/aromatic N) is 4. The number of fused-ring (bicyclic) bond motifs is 3. The van der Waals surface area contributed by atoms with Gasteiger partial charge in [-0.1, -0.05) is 0 Å². The van der Waals surface area contributed by atoms with Crippen LogP contribution in [0.1, 0.15) is 68.5 Å². The Hall–Kier alpha value is -3.27. The lowest BCUT2D eigenvalue weighted by molar-refractivity contribution is -0.00627. The first-order valence-corrected chi connectivity index (χ1v) is 12.0. The van der Waals surface area contributed by atoms with Crippen molar-refractivity contribution >= 4 is 17.4 Å². The molecule has 2 aliphatic carbocycles. The van der Waals surface area contributed by atoms with Crippen LogP contribution in [0, 0.1) is 0 Å². The molecule has 184 valence electrons. The molecule has 1 aliphatic heterocycles. The summed E-state index contributed by atoms with van der Waals surface area (Å²) in [6, 6.07) is 2.65. The zero-order valence-corrected chi connectivity index (χ0v) is 20.0. The van der Waals surface area contributed by atoms with Crippen LogP contribution >= 0.6 is 0 Å². The monoisotopic (exact) mass is 481 g/mol. The number of pyridine rings is 1. The molecule has 2 saturated carbocycles. The van der Waals surface area contributed by atoms with Crippen LogP contribution in [0.4, 0.5) is 10.1 Å². The molecule has 9 nitrogen and oxygen atoms in total. The van der Waals surface area contributed by atoms with Crippen molar-refractivity contribution in [3.05, 3.63) is 52.3 Å². The highest BCUT2D eigenvalue weighted by molar-refractivity contribution is 6.05. The molecular weight excluding hydrogens is 453 g/mol. The van der Waals surface area contributed by atoms with Crippen molar-refractivity contribution < 1.29 is 18.7 Å². The minimum atomic E-state index is -1.03. The number of anilines is 1. The van der Waals surface area contributed by atoms with E-state index in [9.17, 15) is 14.0 Å². The van der Waals surface area contributed by atoms with E-state index in [1.54, 1.807) is 16.7 Å². The molecule has 35 heavy (non-hydrogen) atoms. The van der Waals surface area contributed by atoms with Crippen molar-refractivity contribution in [1.82, 2.24) is 18.9 Å². The van der Waals surface area contributed by atoms with Gasteiger partial charge in [-0.05, 0) is 52.2 Å². The summed E-state index contributed by atoms with van der Waals surface area (Å²) >= 11 is 0. The molecule has 4 heterocycles. The lowest BCUT2D eigenvalue weighted by atomic mass is 9.84. The van der Waals surface area contributed by atoms with Gasteiger partial charge >= 0.3 is 0 Å². The highest BCUT2D eigenvalue weighted by Crippen LogP contribution is 2.53. The van der Waals surface area contributed by atoms with Crippen LogP contribution in [0.25, 0.3) is 5.78 Å². The molecule has 3 fully saturated rings. The smallest absolute Gasteiger partial charge is 0.274 e. The average molecular weight is 482 g/mol. The Morgan fingerprint density at radius 1 is 1.31 bits per heavy atom. The van der Waals surface area contributed by atoms with Crippen molar-refractivity contribution in [1.29, 1.82) is 0 Å². The number of rotatable bonds is 6. The molecule has 1 N–H and O–H groups in total. The van der Waals surface area contributed by atoms with E-state index in [-0.39, 0.29) is 34.3 Å². The van der Waals surface area contributed by atoms with E-state index in [1.165, 1.54) is 16.8 Å². The molecule has 2 bridgehead atoms. The molecule has 0 spiro atoms. The molecule has 1 amide bonds. The SMILES string of the molecule is CC(C)Oc1nc2nc([C@]34CC[C@](C)(C3)OC4)cn2cc1C(=O)Nc1cccn([C@H]2C[C@@H]2F)c1=O. The van der Waals surface area contributed by atoms with Crippen LogP contribution in [0.15, 0.2) is 35.5 Å². The molecule has 0 aromatic carbocycles. The van der Waals surface area contributed by atoms with Gasteiger partial charge in [-0.3, -0.25) is 14.0 Å². The van der Waals surface area contributed by atoms with Crippen LogP contribution in [-0.4, -0.2) is 49.3 Å². The fourth-order valence-electron chi connectivity index (χ4n) is 5.37. The second-order valence-electron chi connectivity index (χ2n) is 10.6. The molecule has 4 atom stereocenters. The van der Waals surface area contributed by atoms with Gasteiger partial charge in [-0.15, -0.1) is 0 Å². The molecule has 10 heteroatoms. The van der Waals surface area contributed by atoms with Crippen molar-refractivity contribution in [3.63, 3.8) is 0 Å². The summed E-state index contributed by atoms with van der Waals surface area (Å²) in [5, 5.41) is 2.67. The topological polar surface area (TPSA) is 99.8 Å². The first-order chi connectivity index (χ1) is 16.7. The van der Waals surface area contributed by atoms with Gasteiger partial charge in [0, 0.05) is 30.4 Å². The van der Waals surface area contributed by atoms with E-state index in [1.807, 2.05) is 20.0 Å². The maximum Gasteiger partial charge on any atom is 0.274 e. The molecule has 1 saturated heterocycles. The third kappa shape index (κ3) is 3.71. The number of nitrogens with one attached hydrogen (secondary N) is 1. The van der Waals surface area contributed by atoms with E-state index < -0.39 is 23.7 Å². The first kappa shape index (κ1) is 22.2. The van der Waals surface area contributed by atoms with Crippen molar-refractivity contribution in [2.24, 2.45) is 0 Å². The molecule has 0 unspecified atom stereocenters. The molecular formula is C25H28FN5O4. The summed E-state index contributed by atoms with van der Waals surface area (Å²) < 4.78 is 28.5. The zero-order chi connectivity index (χ0) is 24.5. The summed E-state index contributed by atoms with van der Waals surface area (Å²) in [6.45, 7) is 6.45. The Bertz CT molecular complexity index is 1390. The Labute approximate surface area is 201 Å². The lowest BCUT2D eigenvalue weighted by Crippen LogP contribution is -2.26. The minimum absolute atomic E-state index is 0.0748. The number of halogens is 1.